The van der Waals surface area contributed by atoms with Crippen LogP contribution in [0.25, 0.3) is 0 Å². The fraction of sp³-hybridized carbons (Fsp3) is 0.643. The molecule has 4 heteroatoms. The highest BCUT2D eigenvalue weighted by Gasteiger charge is 2.18. The van der Waals surface area contributed by atoms with Gasteiger partial charge in [0.15, 0.2) is 0 Å². The fourth-order valence-electron chi connectivity index (χ4n) is 2.29. The molecule has 1 saturated heterocycles. The van der Waals surface area contributed by atoms with Gasteiger partial charge in [-0.15, -0.1) is 0 Å². The van der Waals surface area contributed by atoms with E-state index < -0.39 is 0 Å². The number of aromatic nitrogens is 1. The topological polar surface area (TPSA) is 31.4 Å². The lowest BCUT2D eigenvalue weighted by Gasteiger charge is -2.36. The number of rotatable bonds is 4. The average Bonchev–Trinajstić information content (AvgIpc) is 2.37. The molecule has 0 radical (unpaired) electrons. The lowest BCUT2D eigenvalue weighted by atomic mass is 10.2. The molecule has 1 fully saturated rings. The molecule has 2 heterocycles. The SMILES string of the molecule is Cc1cccc(NC[C@@H](C)N2CCN(C)CC2)n1. The highest BCUT2D eigenvalue weighted by Crippen LogP contribution is 2.08. The first-order valence-electron chi connectivity index (χ1n) is 6.75. The Bertz CT molecular complexity index is 372. The minimum absolute atomic E-state index is 0.556. The zero-order valence-corrected chi connectivity index (χ0v) is 11.7. The maximum Gasteiger partial charge on any atom is 0.126 e. The Morgan fingerprint density at radius 2 is 2.00 bits per heavy atom. The summed E-state index contributed by atoms with van der Waals surface area (Å²) in [5.74, 6) is 0.982. The van der Waals surface area contributed by atoms with Gasteiger partial charge in [0.25, 0.3) is 0 Å². The number of nitrogens with one attached hydrogen (secondary N) is 1. The van der Waals surface area contributed by atoms with Crippen molar-refractivity contribution in [1.82, 2.24) is 14.8 Å². The Morgan fingerprint density at radius 3 is 2.67 bits per heavy atom. The van der Waals surface area contributed by atoms with Gasteiger partial charge in [0.05, 0.1) is 0 Å². The number of pyridine rings is 1. The molecule has 0 aliphatic carbocycles. The van der Waals surface area contributed by atoms with Crippen molar-refractivity contribution in [3.8, 4) is 0 Å². The molecule has 1 aliphatic rings. The van der Waals surface area contributed by atoms with E-state index in [0.29, 0.717) is 6.04 Å². The molecule has 0 saturated carbocycles. The quantitative estimate of drug-likeness (QED) is 0.873. The van der Waals surface area contributed by atoms with E-state index in [-0.39, 0.29) is 0 Å². The predicted molar refractivity (Wildman–Crippen MR) is 76.0 cm³/mol. The van der Waals surface area contributed by atoms with Gasteiger partial charge in [0, 0.05) is 44.5 Å². The molecule has 1 aromatic rings. The summed E-state index contributed by atoms with van der Waals surface area (Å²) in [5.41, 5.74) is 1.06. The second-order valence-electron chi connectivity index (χ2n) is 5.23. The van der Waals surface area contributed by atoms with Crippen molar-refractivity contribution < 1.29 is 0 Å². The number of nitrogens with zero attached hydrogens (tertiary/aromatic N) is 3. The first kappa shape index (κ1) is 13.3. The number of piperazine rings is 1. The van der Waals surface area contributed by atoms with Crippen molar-refractivity contribution in [1.29, 1.82) is 0 Å². The van der Waals surface area contributed by atoms with Crippen molar-refractivity contribution in [3.05, 3.63) is 23.9 Å². The minimum atomic E-state index is 0.556. The molecule has 1 N–H and O–H groups in total. The summed E-state index contributed by atoms with van der Waals surface area (Å²) in [7, 11) is 2.19. The number of aryl methyl sites for hydroxylation is 1. The molecule has 0 spiro atoms. The van der Waals surface area contributed by atoms with Gasteiger partial charge in [0.2, 0.25) is 0 Å². The van der Waals surface area contributed by atoms with E-state index in [9.17, 15) is 0 Å². The third kappa shape index (κ3) is 3.68. The van der Waals surface area contributed by atoms with Gasteiger partial charge in [-0.3, -0.25) is 4.90 Å². The van der Waals surface area contributed by atoms with Crippen molar-refractivity contribution in [2.75, 3.05) is 45.1 Å². The summed E-state index contributed by atoms with van der Waals surface area (Å²) in [6.07, 6.45) is 0. The maximum absolute atomic E-state index is 4.46. The van der Waals surface area contributed by atoms with Gasteiger partial charge in [0.1, 0.15) is 5.82 Å². The lowest BCUT2D eigenvalue weighted by Crippen LogP contribution is -2.49. The molecule has 0 bridgehead atoms. The molecular weight excluding hydrogens is 224 g/mol. The molecule has 1 aromatic heterocycles. The Labute approximate surface area is 110 Å². The number of hydrogen-bond acceptors (Lipinski definition) is 4. The van der Waals surface area contributed by atoms with Gasteiger partial charge in [-0.25, -0.2) is 4.98 Å². The highest BCUT2D eigenvalue weighted by atomic mass is 15.3. The van der Waals surface area contributed by atoms with Crippen LogP contribution < -0.4 is 5.32 Å². The predicted octanol–water partition coefficient (Wildman–Crippen LogP) is 1.44. The van der Waals surface area contributed by atoms with Crippen molar-refractivity contribution in [2.24, 2.45) is 0 Å². The van der Waals surface area contributed by atoms with Crippen LogP contribution in [0.1, 0.15) is 12.6 Å². The van der Waals surface area contributed by atoms with E-state index in [1.54, 1.807) is 0 Å². The molecule has 2 rings (SSSR count). The molecule has 0 amide bonds. The van der Waals surface area contributed by atoms with Crippen LogP contribution in [0.5, 0.6) is 0 Å². The monoisotopic (exact) mass is 248 g/mol. The third-order valence-electron chi connectivity index (χ3n) is 3.63. The average molecular weight is 248 g/mol. The number of anilines is 1. The smallest absolute Gasteiger partial charge is 0.126 e. The Kier molecular flexibility index (Phi) is 4.55. The first-order valence-corrected chi connectivity index (χ1v) is 6.75. The van der Waals surface area contributed by atoms with Crippen LogP contribution in [0.2, 0.25) is 0 Å². The molecule has 100 valence electrons. The molecule has 4 nitrogen and oxygen atoms in total. The van der Waals surface area contributed by atoms with Gasteiger partial charge in [-0.2, -0.15) is 0 Å². The van der Waals surface area contributed by atoms with Crippen molar-refractivity contribution >= 4 is 5.82 Å². The Hall–Kier alpha value is -1.13. The van der Waals surface area contributed by atoms with Crippen LogP contribution in [-0.4, -0.2) is 60.6 Å². The molecule has 0 aromatic carbocycles. The van der Waals surface area contributed by atoms with E-state index >= 15 is 0 Å². The van der Waals surface area contributed by atoms with Gasteiger partial charge >= 0.3 is 0 Å². The van der Waals surface area contributed by atoms with E-state index in [1.807, 2.05) is 25.1 Å². The highest BCUT2D eigenvalue weighted by molar-refractivity contribution is 5.35. The molecular formula is C14H24N4. The van der Waals surface area contributed by atoms with Crippen LogP contribution in [0, 0.1) is 6.92 Å². The largest absolute Gasteiger partial charge is 0.369 e. The number of likely N-dealkylation sites (N-methyl/N-ethyl adjacent to an activating group) is 1. The summed E-state index contributed by atoms with van der Waals surface area (Å²) in [5, 5.41) is 3.43. The zero-order valence-electron chi connectivity index (χ0n) is 11.7. The van der Waals surface area contributed by atoms with Gasteiger partial charge in [-0.05, 0) is 33.0 Å². The molecule has 1 atom stereocenters. The van der Waals surface area contributed by atoms with Crippen LogP contribution >= 0.6 is 0 Å². The molecule has 1 aliphatic heterocycles. The summed E-state index contributed by atoms with van der Waals surface area (Å²) >= 11 is 0. The minimum Gasteiger partial charge on any atom is -0.369 e. The lowest BCUT2D eigenvalue weighted by molar-refractivity contribution is 0.123. The van der Waals surface area contributed by atoms with Crippen molar-refractivity contribution in [2.45, 2.75) is 19.9 Å². The molecule has 0 unspecified atom stereocenters. The second kappa shape index (κ2) is 6.16. The van der Waals surface area contributed by atoms with Crippen LogP contribution in [0.4, 0.5) is 5.82 Å². The standard InChI is InChI=1S/C14H24N4/c1-12-5-4-6-14(16-12)15-11-13(2)18-9-7-17(3)8-10-18/h4-6,13H,7-11H2,1-3H3,(H,15,16)/t13-/m1/s1. The summed E-state index contributed by atoms with van der Waals surface area (Å²) < 4.78 is 0. The summed E-state index contributed by atoms with van der Waals surface area (Å²) in [6.45, 7) is 9.95. The van der Waals surface area contributed by atoms with E-state index in [4.69, 9.17) is 0 Å². The van der Waals surface area contributed by atoms with E-state index in [2.05, 4.69) is 34.1 Å². The first-order chi connectivity index (χ1) is 8.65. The van der Waals surface area contributed by atoms with E-state index in [0.717, 1.165) is 18.1 Å². The number of hydrogen-bond donors (Lipinski definition) is 1. The second-order valence-corrected chi connectivity index (χ2v) is 5.23. The van der Waals surface area contributed by atoms with Crippen molar-refractivity contribution in [3.63, 3.8) is 0 Å². The summed E-state index contributed by atoms with van der Waals surface area (Å²) in [6, 6.07) is 6.66. The molecule has 18 heavy (non-hydrogen) atoms. The van der Waals surface area contributed by atoms with E-state index in [1.165, 1.54) is 26.2 Å². The fourth-order valence-corrected chi connectivity index (χ4v) is 2.29. The Balaban J connectivity index is 1.79. The maximum atomic E-state index is 4.46. The van der Waals surface area contributed by atoms with Gasteiger partial charge in [-0.1, -0.05) is 6.07 Å². The van der Waals surface area contributed by atoms with Crippen LogP contribution in [-0.2, 0) is 0 Å². The zero-order chi connectivity index (χ0) is 13.0. The third-order valence-corrected chi connectivity index (χ3v) is 3.63. The Morgan fingerprint density at radius 1 is 1.28 bits per heavy atom. The van der Waals surface area contributed by atoms with Gasteiger partial charge < -0.3 is 10.2 Å². The normalized spacial score (nSPS) is 19.7. The van der Waals surface area contributed by atoms with Crippen LogP contribution in [0.15, 0.2) is 18.2 Å². The summed E-state index contributed by atoms with van der Waals surface area (Å²) in [4.78, 5) is 9.40. The van der Waals surface area contributed by atoms with Crippen LogP contribution in [0.3, 0.4) is 0 Å².